The second-order valence-electron chi connectivity index (χ2n) is 12.7. The molecular weight excluding hydrogens is 645 g/mol. The third-order valence-electron chi connectivity index (χ3n) is 9.74. The molecule has 2 N–H and O–H groups in total. The van der Waals surface area contributed by atoms with Gasteiger partial charge in [0.1, 0.15) is 11.9 Å². The van der Waals surface area contributed by atoms with Crippen LogP contribution < -0.4 is 15.5 Å². The molecule has 2 amide bonds. The molecule has 0 radical (unpaired) electrons. The Morgan fingerprint density at radius 3 is 2.58 bits per heavy atom. The molecule has 260 valence electrons. The number of fused-ring (bicyclic) bond motifs is 2. The Balaban J connectivity index is 1.19. The predicted octanol–water partition coefficient (Wildman–Crippen LogP) is 6.94. The van der Waals surface area contributed by atoms with Gasteiger partial charge in [-0.25, -0.2) is 4.98 Å². The summed E-state index contributed by atoms with van der Waals surface area (Å²) in [5, 5.41) is 16.0. The maximum absolute atomic E-state index is 14.5. The lowest BCUT2D eigenvalue weighted by atomic mass is 9.93. The van der Waals surface area contributed by atoms with E-state index in [1.54, 1.807) is 43.0 Å². The molecule has 0 bridgehead atoms. The molecular formula is C38H39F3N6O3. The van der Waals surface area contributed by atoms with Crippen molar-refractivity contribution < 1.29 is 27.5 Å². The van der Waals surface area contributed by atoms with Gasteiger partial charge in [-0.05, 0) is 85.2 Å². The van der Waals surface area contributed by atoms with Crippen molar-refractivity contribution in [3.8, 4) is 17.2 Å². The zero-order chi connectivity index (χ0) is 35.6. The highest BCUT2D eigenvalue weighted by Crippen LogP contribution is 2.44. The van der Waals surface area contributed by atoms with Crippen LogP contribution >= 0.6 is 0 Å². The molecule has 2 aliphatic rings. The number of ether oxygens (including phenoxy) is 1. The van der Waals surface area contributed by atoms with E-state index in [4.69, 9.17) is 4.74 Å². The van der Waals surface area contributed by atoms with E-state index in [0.29, 0.717) is 65.2 Å². The Morgan fingerprint density at radius 2 is 1.88 bits per heavy atom. The molecule has 0 saturated heterocycles. The van der Waals surface area contributed by atoms with Crippen LogP contribution in [0.15, 0.2) is 60.7 Å². The first-order valence-electron chi connectivity index (χ1n) is 16.8. The molecule has 3 aromatic carbocycles. The molecule has 1 fully saturated rings. The summed E-state index contributed by atoms with van der Waals surface area (Å²) in [6, 6.07) is 14.6. The van der Waals surface area contributed by atoms with Crippen LogP contribution in [-0.2, 0) is 35.6 Å². The number of hydrogen-bond acceptors (Lipinski definition) is 6. The first-order valence-corrected chi connectivity index (χ1v) is 16.8. The van der Waals surface area contributed by atoms with Crippen LogP contribution in [0.25, 0.3) is 22.2 Å². The fourth-order valence-corrected chi connectivity index (χ4v) is 7.07. The molecule has 1 saturated carbocycles. The van der Waals surface area contributed by atoms with Crippen LogP contribution in [0.2, 0.25) is 0 Å². The number of aromatic nitrogens is 2. The van der Waals surface area contributed by atoms with Gasteiger partial charge in [-0.1, -0.05) is 25.1 Å². The zero-order valence-corrected chi connectivity index (χ0v) is 28.2. The molecule has 12 heteroatoms. The Labute approximate surface area is 288 Å². The lowest BCUT2D eigenvalue weighted by Gasteiger charge is -2.27. The highest BCUT2D eigenvalue weighted by molar-refractivity contribution is 6.09. The van der Waals surface area contributed by atoms with E-state index in [-0.39, 0.29) is 28.9 Å². The van der Waals surface area contributed by atoms with Crippen LogP contribution in [0.3, 0.4) is 0 Å². The lowest BCUT2D eigenvalue weighted by Crippen LogP contribution is -2.35. The molecule has 6 rings (SSSR count). The molecule has 4 aromatic rings. The molecule has 0 unspecified atom stereocenters. The van der Waals surface area contributed by atoms with Crippen LogP contribution in [0.4, 0.5) is 24.5 Å². The number of benzene rings is 3. The standard InChI is InChI=1S/C38H39F3N6O3/c1-4-35-44-32-20-29(30(38(39,40)41)21-34(32)46(35)2)27-7-5-8-33-28(27)16-18-47(33)37(49)23-10-15-31(24(19-23)22-42)45-36(48)9-6-17-43-25-11-13-26(50-3)14-12-25/h5-10,15,19-21,25-26,43H,4,11-14,16-18H2,1-3H3,(H,45,48)/b9-6+. The Morgan fingerprint density at radius 1 is 1.10 bits per heavy atom. The molecule has 1 aliphatic carbocycles. The van der Waals surface area contributed by atoms with E-state index in [1.165, 1.54) is 35.2 Å². The number of imidazole rings is 1. The summed E-state index contributed by atoms with van der Waals surface area (Å²) in [7, 11) is 3.45. The molecule has 50 heavy (non-hydrogen) atoms. The number of carbonyl (C=O) groups excluding carboxylic acids is 2. The summed E-state index contributed by atoms with van der Waals surface area (Å²) in [6.07, 6.45) is 3.80. The quantitative estimate of drug-likeness (QED) is 0.185. The maximum Gasteiger partial charge on any atom is 0.417 e. The number of methoxy groups -OCH3 is 1. The molecule has 1 aliphatic heterocycles. The molecule has 0 atom stereocenters. The number of nitrogens with zero attached hydrogens (tertiary/aromatic N) is 4. The summed E-state index contributed by atoms with van der Waals surface area (Å²) in [4.78, 5) is 32.5. The van der Waals surface area contributed by atoms with Crippen LogP contribution in [0.1, 0.15) is 65.5 Å². The van der Waals surface area contributed by atoms with Crippen LogP contribution in [0, 0.1) is 11.3 Å². The van der Waals surface area contributed by atoms with Crippen molar-refractivity contribution in [3.63, 3.8) is 0 Å². The van der Waals surface area contributed by atoms with Gasteiger partial charge in [-0.2, -0.15) is 18.4 Å². The molecule has 0 spiro atoms. The van der Waals surface area contributed by atoms with Crippen molar-refractivity contribution in [2.75, 3.05) is 30.4 Å². The number of nitriles is 1. The predicted molar refractivity (Wildman–Crippen MR) is 186 cm³/mol. The van der Waals surface area contributed by atoms with Crippen molar-refractivity contribution in [2.24, 2.45) is 7.05 Å². The minimum absolute atomic E-state index is 0.0165. The third kappa shape index (κ3) is 7.02. The summed E-state index contributed by atoms with van der Waals surface area (Å²) in [6.45, 7) is 2.69. The maximum atomic E-state index is 14.5. The van der Waals surface area contributed by atoms with Crippen molar-refractivity contribution >= 4 is 34.2 Å². The van der Waals surface area contributed by atoms with Crippen LogP contribution in [0.5, 0.6) is 0 Å². The molecule has 2 heterocycles. The number of hydrogen-bond donors (Lipinski definition) is 2. The zero-order valence-electron chi connectivity index (χ0n) is 28.2. The summed E-state index contributed by atoms with van der Waals surface area (Å²) in [5.41, 5.74) is 2.27. The highest BCUT2D eigenvalue weighted by Gasteiger charge is 2.37. The normalized spacial score (nSPS) is 17.7. The molecule has 1 aromatic heterocycles. The van der Waals surface area contributed by atoms with Gasteiger partial charge in [0.05, 0.1) is 34.0 Å². The first kappa shape index (κ1) is 34.9. The fourth-order valence-electron chi connectivity index (χ4n) is 7.07. The second kappa shape index (κ2) is 14.5. The first-order chi connectivity index (χ1) is 24.0. The Hall–Kier alpha value is -4.99. The van der Waals surface area contributed by atoms with Gasteiger partial charge >= 0.3 is 6.18 Å². The van der Waals surface area contributed by atoms with Crippen molar-refractivity contribution in [1.82, 2.24) is 14.9 Å². The van der Waals surface area contributed by atoms with Gasteiger partial charge < -0.3 is 24.8 Å². The number of alkyl halides is 3. The van der Waals surface area contributed by atoms with E-state index in [2.05, 4.69) is 21.7 Å². The molecule has 9 nitrogen and oxygen atoms in total. The van der Waals surface area contributed by atoms with Crippen molar-refractivity contribution in [3.05, 3.63) is 88.8 Å². The SMILES string of the molecule is CCc1nc2cc(-c3cccc4c3CCN4C(=O)c3ccc(NC(=O)/C=C/CNC4CCC(OC)CC4)c(C#N)c3)c(C(F)(F)F)cc2n1C. The van der Waals surface area contributed by atoms with E-state index in [9.17, 15) is 28.0 Å². The van der Waals surface area contributed by atoms with Gasteiger partial charge in [-0.15, -0.1) is 0 Å². The van der Waals surface area contributed by atoms with E-state index in [1.807, 2.05) is 6.92 Å². The Kier molecular flexibility index (Phi) is 10.1. The monoisotopic (exact) mass is 684 g/mol. The van der Waals surface area contributed by atoms with Gasteiger partial charge in [0.15, 0.2) is 0 Å². The summed E-state index contributed by atoms with van der Waals surface area (Å²) < 4.78 is 50.5. The number of halogens is 3. The van der Waals surface area contributed by atoms with E-state index in [0.717, 1.165) is 31.7 Å². The average molecular weight is 685 g/mol. The number of aryl methyl sites for hydroxylation is 2. The third-order valence-corrected chi connectivity index (χ3v) is 9.74. The van der Waals surface area contributed by atoms with Crippen molar-refractivity contribution in [1.29, 1.82) is 5.26 Å². The van der Waals surface area contributed by atoms with Crippen LogP contribution in [-0.4, -0.2) is 53.7 Å². The number of rotatable bonds is 9. The minimum atomic E-state index is -4.61. The van der Waals surface area contributed by atoms with Gasteiger partial charge in [0, 0.05) is 57.0 Å². The summed E-state index contributed by atoms with van der Waals surface area (Å²) in [5.74, 6) is -0.119. The fraction of sp³-hybridized carbons (Fsp3) is 0.368. The number of carbonyl (C=O) groups is 2. The van der Waals surface area contributed by atoms with Gasteiger partial charge in [0.2, 0.25) is 5.91 Å². The average Bonchev–Trinajstić information content (AvgIpc) is 3.69. The minimum Gasteiger partial charge on any atom is -0.381 e. The van der Waals surface area contributed by atoms with Gasteiger partial charge in [0.25, 0.3) is 5.91 Å². The van der Waals surface area contributed by atoms with Gasteiger partial charge in [-0.3, -0.25) is 9.59 Å². The van der Waals surface area contributed by atoms with E-state index < -0.39 is 23.6 Å². The Bertz CT molecular complexity index is 2000. The highest BCUT2D eigenvalue weighted by atomic mass is 19.4. The van der Waals surface area contributed by atoms with Crippen molar-refractivity contribution in [2.45, 2.75) is 63.8 Å². The number of nitrogens with one attached hydrogen (secondary N) is 2. The number of amides is 2. The van der Waals surface area contributed by atoms with E-state index >= 15 is 0 Å². The largest absolute Gasteiger partial charge is 0.417 e. The smallest absolute Gasteiger partial charge is 0.381 e. The lowest BCUT2D eigenvalue weighted by molar-refractivity contribution is -0.137. The topological polar surface area (TPSA) is 112 Å². The second-order valence-corrected chi connectivity index (χ2v) is 12.7. The summed E-state index contributed by atoms with van der Waals surface area (Å²) >= 11 is 0. The number of anilines is 2.